The van der Waals surface area contributed by atoms with E-state index in [1.165, 1.54) is 12.8 Å². The number of aliphatic imine (C=N–C) groups is 1. The summed E-state index contributed by atoms with van der Waals surface area (Å²) >= 11 is 0. The van der Waals surface area contributed by atoms with Crippen molar-refractivity contribution in [3.8, 4) is 0 Å². The minimum Gasteiger partial charge on any atom is -0.444 e. The topological polar surface area (TPSA) is 73.0 Å². The minimum absolute atomic E-state index is 0. The predicted molar refractivity (Wildman–Crippen MR) is 143 cm³/mol. The predicted octanol–water partition coefficient (Wildman–Crippen LogP) is 3.30. The van der Waals surface area contributed by atoms with Crippen LogP contribution in [0, 0.1) is 19.8 Å². The van der Waals surface area contributed by atoms with Gasteiger partial charge in [0, 0.05) is 45.5 Å². The fourth-order valence-corrected chi connectivity index (χ4v) is 4.45. The summed E-state index contributed by atoms with van der Waals surface area (Å²) in [7, 11) is 0. The lowest BCUT2D eigenvalue weighted by Crippen LogP contribution is -2.53. The van der Waals surface area contributed by atoms with Crippen LogP contribution in [0.25, 0.3) is 0 Å². The Labute approximate surface area is 214 Å². The van der Waals surface area contributed by atoms with Crippen LogP contribution in [0.4, 0.5) is 5.82 Å². The van der Waals surface area contributed by atoms with Crippen molar-refractivity contribution < 1.29 is 4.42 Å². The largest absolute Gasteiger partial charge is 0.444 e. The van der Waals surface area contributed by atoms with E-state index in [1.807, 2.05) is 26.1 Å². The van der Waals surface area contributed by atoms with E-state index in [4.69, 9.17) is 9.41 Å². The number of rotatable bonds is 6. The molecule has 0 aliphatic carbocycles. The zero-order valence-corrected chi connectivity index (χ0v) is 22.5. The smallest absolute Gasteiger partial charge is 0.208 e. The molecule has 0 spiro atoms. The Morgan fingerprint density at radius 3 is 2.48 bits per heavy atom. The lowest BCUT2D eigenvalue weighted by Gasteiger charge is -2.37. The third kappa shape index (κ3) is 7.05. The Morgan fingerprint density at radius 1 is 1.12 bits per heavy atom. The van der Waals surface area contributed by atoms with Crippen LogP contribution in [-0.4, -0.2) is 78.1 Å². The molecular formula is C24H38IN7O. The van der Waals surface area contributed by atoms with Gasteiger partial charge in [-0.05, 0) is 64.8 Å². The third-order valence-corrected chi connectivity index (χ3v) is 6.53. The lowest BCUT2D eigenvalue weighted by atomic mass is 9.97. The molecule has 0 atom stereocenters. The van der Waals surface area contributed by atoms with Crippen LogP contribution in [0.5, 0.6) is 0 Å². The lowest BCUT2D eigenvalue weighted by molar-refractivity contribution is 0.166. The van der Waals surface area contributed by atoms with Crippen LogP contribution in [0.3, 0.4) is 0 Å². The van der Waals surface area contributed by atoms with Crippen molar-refractivity contribution in [1.82, 2.24) is 25.1 Å². The van der Waals surface area contributed by atoms with Crippen molar-refractivity contribution in [3.05, 3.63) is 41.7 Å². The van der Waals surface area contributed by atoms with Gasteiger partial charge in [0.15, 0.2) is 5.96 Å². The SMILES string of the molecule is CCNC(=NCC1CCN(Cc2nc(C)c(C)o2)CC1)N1CCN(c2ccccn2)CC1.I. The maximum Gasteiger partial charge on any atom is 0.208 e. The molecule has 2 fully saturated rings. The van der Waals surface area contributed by atoms with Crippen molar-refractivity contribution in [2.75, 3.05) is 57.3 Å². The van der Waals surface area contributed by atoms with E-state index < -0.39 is 0 Å². The van der Waals surface area contributed by atoms with E-state index in [-0.39, 0.29) is 24.0 Å². The first-order chi connectivity index (χ1) is 15.6. The van der Waals surface area contributed by atoms with Crippen LogP contribution in [0.15, 0.2) is 33.8 Å². The highest BCUT2D eigenvalue weighted by Crippen LogP contribution is 2.20. The van der Waals surface area contributed by atoms with Crippen LogP contribution in [0.1, 0.15) is 37.1 Å². The fourth-order valence-electron chi connectivity index (χ4n) is 4.45. The van der Waals surface area contributed by atoms with E-state index in [2.05, 4.69) is 49.0 Å². The first-order valence-corrected chi connectivity index (χ1v) is 12.0. The Morgan fingerprint density at radius 2 is 1.88 bits per heavy atom. The average molecular weight is 568 g/mol. The second kappa shape index (κ2) is 12.5. The van der Waals surface area contributed by atoms with E-state index in [0.29, 0.717) is 5.92 Å². The average Bonchev–Trinajstić information content (AvgIpc) is 3.15. The van der Waals surface area contributed by atoms with Crippen LogP contribution >= 0.6 is 24.0 Å². The monoisotopic (exact) mass is 567 g/mol. The number of piperazine rings is 1. The summed E-state index contributed by atoms with van der Waals surface area (Å²) in [5.41, 5.74) is 1.00. The second-order valence-corrected chi connectivity index (χ2v) is 8.83. The molecule has 4 heterocycles. The number of nitrogens with zero attached hydrogens (tertiary/aromatic N) is 6. The molecule has 4 rings (SSSR count). The van der Waals surface area contributed by atoms with Crippen molar-refractivity contribution in [2.45, 2.75) is 40.2 Å². The Kier molecular flexibility index (Phi) is 9.78. The summed E-state index contributed by atoms with van der Waals surface area (Å²) in [6, 6.07) is 6.11. The summed E-state index contributed by atoms with van der Waals surface area (Å²) < 4.78 is 5.76. The van der Waals surface area contributed by atoms with Crippen molar-refractivity contribution in [2.24, 2.45) is 10.9 Å². The van der Waals surface area contributed by atoms with Crippen LogP contribution in [-0.2, 0) is 6.54 Å². The molecule has 2 aliphatic heterocycles. The highest BCUT2D eigenvalue weighted by molar-refractivity contribution is 14.0. The quantitative estimate of drug-likeness (QED) is 0.326. The zero-order chi connectivity index (χ0) is 22.3. The number of aryl methyl sites for hydroxylation is 2. The molecule has 2 saturated heterocycles. The van der Waals surface area contributed by atoms with Gasteiger partial charge in [0.25, 0.3) is 0 Å². The minimum atomic E-state index is 0. The Bertz CT molecular complexity index is 853. The third-order valence-electron chi connectivity index (χ3n) is 6.53. The molecule has 8 nitrogen and oxygen atoms in total. The molecule has 0 amide bonds. The van der Waals surface area contributed by atoms with Gasteiger partial charge >= 0.3 is 0 Å². The number of guanidine groups is 1. The molecule has 9 heteroatoms. The normalized spacial score (nSPS) is 18.3. The van der Waals surface area contributed by atoms with E-state index >= 15 is 0 Å². The van der Waals surface area contributed by atoms with Gasteiger partial charge < -0.3 is 19.5 Å². The molecule has 0 bridgehead atoms. The van der Waals surface area contributed by atoms with Crippen molar-refractivity contribution in [3.63, 3.8) is 0 Å². The number of hydrogen-bond donors (Lipinski definition) is 1. The number of oxazole rings is 1. The van der Waals surface area contributed by atoms with Gasteiger partial charge in [0.05, 0.1) is 12.2 Å². The summed E-state index contributed by atoms with van der Waals surface area (Å²) in [6.07, 6.45) is 4.22. The maximum absolute atomic E-state index is 5.76. The molecule has 0 aromatic carbocycles. The first kappa shape index (κ1) is 25.7. The van der Waals surface area contributed by atoms with Gasteiger partial charge in [-0.2, -0.15) is 0 Å². The molecule has 182 valence electrons. The fraction of sp³-hybridized carbons (Fsp3) is 0.625. The summed E-state index contributed by atoms with van der Waals surface area (Å²) in [5, 5.41) is 3.51. The Hall–Kier alpha value is -1.88. The standard InChI is InChI=1S/C24H37N7O.HI/c1-4-25-24(31-15-13-30(14-16-31)22-7-5-6-10-26-22)27-17-21-8-11-29(12-9-21)18-23-28-19(2)20(3)32-23;/h5-7,10,21H,4,8-9,11-18H2,1-3H3,(H,25,27);1H. The van der Waals surface area contributed by atoms with Gasteiger partial charge in [-0.15, -0.1) is 24.0 Å². The molecular weight excluding hydrogens is 529 g/mol. The molecule has 2 aliphatic rings. The van der Waals surface area contributed by atoms with Crippen LogP contribution < -0.4 is 10.2 Å². The number of aromatic nitrogens is 2. The number of likely N-dealkylation sites (tertiary alicyclic amines) is 1. The summed E-state index contributed by atoms with van der Waals surface area (Å²) in [4.78, 5) is 21.2. The molecule has 2 aromatic heterocycles. The van der Waals surface area contributed by atoms with Crippen molar-refractivity contribution in [1.29, 1.82) is 0 Å². The number of hydrogen-bond acceptors (Lipinski definition) is 6. The zero-order valence-electron chi connectivity index (χ0n) is 20.2. The molecule has 0 unspecified atom stereocenters. The number of piperidine rings is 1. The van der Waals surface area contributed by atoms with Gasteiger partial charge in [-0.3, -0.25) is 9.89 Å². The molecule has 2 aromatic rings. The molecule has 0 saturated carbocycles. The van der Waals surface area contributed by atoms with Gasteiger partial charge in [0.1, 0.15) is 11.6 Å². The Balaban J connectivity index is 0.00000306. The summed E-state index contributed by atoms with van der Waals surface area (Å²) in [5.74, 6) is 4.54. The number of anilines is 1. The number of pyridine rings is 1. The number of halogens is 1. The van der Waals surface area contributed by atoms with Crippen LogP contribution in [0.2, 0.25) is 0 Å². The van der Waals surface area contributed by atoms with Gasteiger partial charge in [-0.25, -0.2) is 9.97 Å². The van der Waals surface area contributed by atoms with E-state index in [9.17, 15) is 0 Å². The maximum atomic E-state index is 5.76. The second-order valence-electron chi connectivity index (χ2n) is 8.83. The van der Waals surface area contributed by atoms with E-state index in [1.54, 1.807) is 0 Å². The highest BCUT2D eigenvalue weighted by Gasteiger charge is 2.23. The summed E-state index contributed by atoms with van der Waals surface area (Å²) in [6.45, 7) is 14.8. The molecule has 33 heavy (non-hydrogen) atoms. The first-order valence-electron chi connectivity index (χ1n) is 12.0. The molecule has 0 radical (unpaired) electrons. The molecule has 1 N–H and O–H groups in total. The highest BCUT2D eigenvalue weighted by atomic mass is 127. The van der Waals surface area contributed by atoms with Crippen molar-refractivity contribution >= 4 is 35.8 Å². The number of nitrogens with one attached hydrogen (secondary N) is 1. The van der Waals surface area contributed by atoms with Gasteiger partial charge in [-0.1, -0.05) is 6.07 Å². The van der Waals surface area contributed by atoms with E-state index in [0.717, 1.165) is 88.0 Å². The van der Waals surface area contributed by atoms with Gasteiger partial charge in [0.2, 0.25) is 5.89 Å².